The second-order valence-corrected chi connectivity index (χ2v) is 6.20. The third kappa shape index (κ3) is 4.60. The van der Waals surface area contributed by atoms with E-state index in [1.165, 1.54) is 12.8 Å². The number of ether oxygens (including phenoxy) is 2. The van der Waals surface area contributed by atoms with E-state index in [0.29, 0.717) is 12.0 Å². The van der Waals surface area contributed by atoms with Crippen LogP contribution in [-0.2, 0) is 11.2 Å². The molecule has 1 N–H and O–H groups in total. The van der Waals surface area contributed by atoms with Crippen molar-refractivity contribution < 1.29 is 9.47 Å². The van der Waals surface area contributed by atoms with Crippen LogP contribution in [0.5, 0.6) is 5.75 Å². The van der Waals surface area contributed by atoms with Gasteiger partial charge < -0.3 is 14.8 Å². The summed E-state index contributed by atoms with van der Waals surface area (Å²) in [4.78, 5) is 0. The third-order valence-corrected chi connectivity index (χ3v) is 4.33. The number of methoxy groups -OCH3 is 2. The molecule has 4 heteroatoms. The van der Waals surface area contributed by atoms with E-state index in [9.17, 15) is 0 Å². The Kier molecular flexibility index (Phi) is 6.34. The average molecular weight is 312 g/mol. The molecule has 1 aliphatic rings. The molecular weight excluding hydrogens is 286 g/mol. The first-order chi connectivity index (χ1) is 10.2. The highest BCUT2D eigenvalue weighted by atomic mass is 35.5. The minimum absolute atomic E-state index is 0.264. The molecule has 1 saturated carbocycles. The lowest BCUT2D eigenvalue weighted by Gasteiger charge is -2.28. The average Bonchev–Trinajstić information content (AvgIpc) is 3.30. The molecule has 0 amide bonds. The largest absolute Gasteiger partial charge is 0.496 e. The molecule has 2 unspecified atom stereocenters. The van der Waals surface area contributed by atoms with E-state index in [1.807, 2.05) is 25.3 Å². The lowest BCUT2D eigenvalue weighted by atomic mass is 9.97. The number of hydrogen-bond acceptors (Lipinski definition) is 3. The van der Waals surface area contributed by atoms with Gasteiger partial charge in [0.2, 0.25) is 0 Å². The summed E-state index contributed by atoms with van der Waals surface area (Å²) in [5.74, 6) is 1.59. The normalized spacial score (nSPS) is 17.5. The lowest BCUT2D eigenvalue weighted by Crippen LogP contribution is -2.44. The van der Waals surface area contributed by atoms with Gasteiger partial charge in [-0.2, -0.15) is 0 Å². The molecule has 0 aliphatic heterocycles. The molecule has 0 radical (unpaired) electrons. The fourth-order valence-electron chi connectivity index (χ4n) is 2.89. The fraction of sp³-hybridized carbons (Fsp3) is 0.647. The molecule has 1 aromatic carbocycles. The van der Waals surface area contributed by atoms with Crippen LogP contribution in [0.25, 0.3) is 0 Å². The summed E-state index contributed by atoms with van der Waals surface area (Å²) >= 11 is 6.14. The highest BCUT2D eigenvalue weighted by molar-refractivity contribution is 6.30. The molecule has 1 aromatic rings. The first-order valence-corrected chi connectivity index (χ1v) is 8.16. The van der Waals surface area contributed by atoms with E-state index in [4.69, 9.17) is 21.1 Å². The van der Waals surface area contributed by atoms with Gasteiger partial charge in [-0.05, 0) is 61.9 Å². The predicted octanol–water partition coefficient (Wildman–Crippen LogP) is 3.68. The molecule has 1 fully saturated rings. The van der Waals surface area contributed by atoms with Crippen molar-refractivity contribution in [2.75, 3.05) is 20.8 Å². The molecule has 0 saturated heterocycles. The van der Waals surface area contributed by atoms with Crippen molar-refractivity contribution in [3.63, 3.8) is 0 Å². The molecule has 0 spiro atoms. The van der Waals surface area contributed by atoms with Crippen LogP contribution in [0.1, 0.15) is 31.7 Å². The Hall–Kier alpha value is -0.770. The number of halogens is 1. The summed E-state index contributed by atoms with van der Waals surface area (Å²) in [5.41, 5.74) is 1.14. The fourth-order valence-corrected chi connectivity index (χ4v) is 3.08. The topological polar surface area (TPSA) is 30.5 Å². The maximum absolute atomic E-state index is 6.14. The monoisotopic (exact) mass is 311 g/mol. The highest BCUT2D eigenvalue weighted by Crippen LogP contribution is 2.37. The molecule has 21 heavy (non-hydrogen) atoms. The van der Waals surface area contributed by atoms with Gasteiger partial charge in [0.25, 0.3) is 0 Å². The standard InChI is InChI=1S/C17H26ClNO2/c1-4-9-19-15(17(21-3)12-5-6-12)11-13-10-14(18)7-8-16(13)20-2/h7-8,10,12,15,17,19H,4-6,9,11H2,1-3H3. The molecule has 1 aliphatic carbocycles. The number of rotatable bonds is 9. The van der Waals surface area contributed by atoms with Gasteiger partial charge in [0.05, 0.1) is 13.2 Å². The zero-order valence-corrected chi connectivity index (χ0v) is 14.0. The van der Waals surface area contributed by atoms with Crippen LogP contribution in [0, 0.1) is 5.92 Å². The van der Waals surface area contributed by atoms with Crippen molar-refractivity contribution in [2.24, 2.45) is 5.92 Å². The van der Waals surface area contributed by atoms with Crippen LogP contribution >= 0.6 is 11.6 Å². The maximum Gasteiger partial charge on any atom is 0.122 e. The molecular formula is C17H26ClNO2. The quantitative estimate of drug-likeness (QED) is 0.754. The van der Waals surface area contributed by atoms with E-state index in [2.05, 4.69) is 12.2 Å². The van der Waals surface area contributed by atoms with Crippen molar-refractivity contribution in [3.05, 3.63) is 28.8 Å². The smallest absolute Gasteiger partial charge is 0.122 e. The molecule has 118 valence electrons. The maximum atomic E-state index is 6.14. The molecule has 0 bridgehead atoms. The van der Waals surface area contributed by atoms with E-state index >= 15 is 0 Å². The summed E-state index contributed by atoms with van der Waals surface area (Å²) < 4.78 is 11.2. The molecule has 2 atom stereocenters. The molecule has 3 nitrogen and oxygen atoms in total. The molecule has 0 heterocycles. The van der Waals surface area contributed by atoms with E-state index in [1.54, 1.807) is 7.11 Å². The Morgan fingerprint density at radius 1 is 1.33 bits per heavy atom. The van der Waals surface area contributed by atoms with Crippen molar-refractivity contribution in [2.45, 2.75) is 44.8 Å². The van der Waals surface area contributed by atoms with Crippen molar-refractivity contribution in [1.82, 2.24) is 5.32 Å². The minimum Gasteiger partial charge on any atom is -0.496 e. The van der Waals surface area contributed by atoms with Crippen LogP contribution in [0.3, 0.4) is 0 Å². The second kappa shape index (κ2) is 8.02. The predicted molar refractivity (Wildman–Crippen MR) is 87.3 cm³/mol. The zero-order valence-electron chi connectivity index (χ0n) is 13.2. The van der Waals surface area contributed by atoms with Crippen LogP contribution in [0.2, 0.25) is 5.02 Å². The second-order valence-electron chi connectivity index (χ2n) is 5.76. The minimum atomic E-state index is 0.264. The van der Waals surface area contributed by atoms with E-state index in [0.717, 1.165) is 35.7 Å². The van der Waals surface area contributed by atoms with E-state index < -0.39 is 0 Å². The summed E-state index contributed by atoms with van der Waals surface area (Å²) in [6.45, 7) is 3.18. The van der Waals surface area contributed by atoms with Crippen molar-refractivity contribution >= 4 is 11.6 Å². The van der Waals surface area contributed by atoms with E-state index in [-0.39, 0.29) is 6.10 Å². The first-order valence-electron chi connectivity index (χ1n) is 7.78. The number of nitrogens with one attached hydrogen (secondary N) is 1. The number of hydrogen-bond donors (Lipinski definition) is 1. The first kappa shape index (κ1) is 16.6. The van der Waals surface area contributed by atoms with Gasteiger partial charge in [-0.25, -0.2) is 0 Å². The SMILES string of the molecule is CCCNC(Cc1cc(Cl)ccc1OC)C(OC)C1CC1. The lowest BCUT2D eigenvalue weighted by molar-refractivity contribution is 0.0509. The summed E-state index contributed by atoms with van der Waals surface area (Å²) in [6.07, 6.45) is 4.80. The van der Waals surface area contributed by atoms with Gasteiger partial charge in [0.15, 0.2) is 0 Å². The van der Waals surface area contributed by atoms with Gasteiger partial charge in [-0.1, -0.05) is 18.5 Å². The van der Waals surface area contributed by atoms with Crippen molar-refractivity contribution in [1.29, 1.82) is 0 Å². The van der Waals surface area contributed by atoms with Crippen LogP contribution in [0.15, 0.2) is 18.2 Å². The van der Waals surface area contributed by atoms with Gasteiger partial charge in [-0.3, -0.25) is 0 Å². The van der Waals surface area contributed by atoms with Crippen LogP contribution < -0.4 is 10.1 Å². The van der Waals surface area contributed by atoms with Crippen molar-refractivity contribution in [3.8, 4) is 5.75 Å². The van der Waals surface area contributed by atoms with Crippen LogP contribution in [0.4, 0.5) is 0 Å². The molecule has 0 aromatic heterocycles. The van der Waals surface area contributed by atoms with Gasteiger partial charge >= 0.3 is 0 Å². The Morgan fingerprint density at radius 2 is 2.10 bits per heavy atom. The Morgan fingerprint density at radius 3 is 2.67 bits per heavy atom. The van der Waals surface area contributed by atoms with Crippen LogP contribution in [-0.4, -0.2) is 32.9 Å². The Labute approximate surface area is 133 Å². The third-order valence-electron chi connectivity index (χ3n) is 4.09. The summed E-state index contributed by atoms with van der Waals surface area (Å²) in [7, 11) is 3.52. The summed E-state index contributed by atoms with van der Waals surface area (Å²) in [6, 6.07) is 6.11. The molecule has 2 rings (SSSR count). The Balaban J connectivity index is 2.15. The van der Waals surface area contributed by atoms with Gasteiger partial charge in [0.1, 0.15) is 5.75 Å². The van der Waals surface area contributed by atoms with Gasteiger partial charge in [-0.15, -0.1) is 0 Å². The number of benzene rings is 1. The highest BCUT2D eigenvalue weighted by Gasteiger charge is 2.36. The van der Waals surface area contributed by atoms with Gasteiger partial charge in [0, 0.05) is 18.2 Å². The zero-order chi connectivity index (χ0) is 15.2. The Bertz CT molecular complexity index is 448. The summed E-state index contributed by atoms with van der Waals surface area (Å²) in [5, 5.41) is 4.39.